The summed E-state index contributed by atoms with van der Waals surface area (Å²) in [6.07, 6.45) is 3.12. The van der Waals surface area contributed by atoms with Gasteiger partial charge in [-0.05, 0) is 38.0 Å². The molecule has 0 unspecified atom stereocenters. The first-order valence-electron chi connectivity index (χ1n) is 8.03. The maximum atomic E-state index is 9.34. The Hall–Kier alpha value is -0.870. The number of halogens is 1. The van der Waals surface area contributed by atoms with Crippen molar-refractivity contribution in [1.29, 1.82) is 0 Å². The number of allylic oxidation sites excluding steroid dienone is 1. The third-order valence-electron chi connectivity index (χ3n) is 4.20. The lowest BCUT2D eigenvalue weighted by Gasteiger charge is -2.41. The summed E-state index contributed by atoms with van der Waals surface area (Å²) in [7, 11) is 0. The van der Waals surface area contributed by atoms with Crippen molar-refractivity contribution in [2.75, 3.05) is 32.8 Å². The summed E-state index contributed by atoms with van der Waals surface area (Å²) < 4.78 is 0. The minimum absolute atomic E-state index is 0.255. The lowest BCUT2D eigenvalue weighted by molar-refractivity contribution is 0.0637. The molecule has 2 rings (SSSR count). The Morgan fingerprint density at radius 3 is 2.64 bits per heavy atom. The van der Waals surface area contributed by atoms with Gasteiger partial charge < -0.3 is 5.11 Å². The van der Waals surface area contributed by atoms with E-state index in [1.807, 2.05) is 12.1 Å². The molecule has 4 heteroatoms. The molecular weight excluding hydrogens is 296 g/mol. The van der Waals surface area contributed by atoms with Crippen molar-refractivity contribution in [3.8, 4) is 0 Å². The molecule has 0 amide bonds. The van der Waals surface area contributed by atoms with E-state index in [1.165, 1.54) is 11.1 Å². The third kappa shape index (κ3) is 5.40. The average Bonchev–Trinajstić information content (AvgIpc) is 2.49. The van der Waals surface area contributed by atoms with Crippen molar-refractivity contribution in [3.05, 3.63) is 46.5 Å². The van der Waals surface area contributed by atoms with E-state index in [0.717, 1.165) is 44.2 Å². The first-order valence-corrected chi connectivity index (χ1v) is 8.41. The monoisotopic (exact) mass is 322 g/mol. The maximum absolute atomic E-state index is 9.34. The SMILES string of the molecule is CC(C)=CCN1CCN(Cc2ccc(Cl)cc2)C[C@H]1CCO. The summed E-state index contributed by atoms with van der Waals surface area (Å²) in [5.41, 5.74) is 2.65. The number of benzene rings is 1. The van der Waals surface area contributed by atoms with Gasteiger partial charge in [0.15, 0.2) is 0 Å². The number of nitrogens with zero attached hydrogens (tertiary/aromatic N) is 2. The minimum Gasteiger partial charge on any atom is -0.396 e. The summed E-state index contributed by atoms with van der Waals surface area (Å²) in [5, 5.41) is 10.1. The molecular formula is C18H27ClN2O. The van der Waals surface area contributed by atoms with Gasteiger partial charge in [0.2, 0.25) is 0 Å². The number of aliphatic hydroxyl groups is 1. The predicted molar refractivity (Wildman–Crippen MR) is 93.2 cm³/mol. The molecule has 1 aliphatic heterocycles. The Morgan fingerprint density at radius 2 is 2.00 bits per heavy atom. The highest BCUT2D eigenvalue weighted by Crippen LogP contribution is 2.17. The van der Waals surface area contributed by atoms with Gasteiger partial charge >= 0.3 is 0 Å². The number of rotatable bonds is 6. The summed E-state index contributed by atoms with van der Waals surface area (Å²) in [4.78, 5) is 4.96. The van der Waals surface area contributed by atoms with Crippen molar-refractivity contribution >= 4 is 11.6 Å². The molecule has 1 fully saturated rings. The molecule has 1 aromatic carbocycles. The van der Waals surface area contributed by atoms with Gasteiger partial charge in [-0.3, -0.25) is 9.80 Å². The maximum Gasteiger partial charge on any atom is 0.0446 e. The number of hydrogen-bond donors (Lipinski definition) is 1. The molecule has 0 radical (unpaired) electrons. The quantitative estimate of drug-likeness (QED) is 0.815. The van der Waals surface area contributed by atoms with E-state index in [1.54, 1.807) is 0 Å². The van der Waals surface area contributed by atoms with E-state index in [0.29, 0.717) is 6.04 Å². The van der Waals surface area contributed by atoms with Crippen LogP contribution in [0.4, 0.5) is 0 Å². The van der Waals surface area contributed by atoms with Crippen molar-refractivity contribution in [2.24, 2.45) is 0 Å². The first-order chi connectivity index (χ1) is 10.6. The molecule has 1 atom stereocenters. The van der Waals surface area contributed by atoms with Crippen molar-refractivity contribution in [1.82, 2.24) is 9.80 Å². The second kappa shape index (κ2) is 8.68. The van der Waals surface area contributed by atoms with E-state index >= 15 is 0 Å². The molecule has 0 aromatic heterocycles. The van der Waals surface area contributed by atoms with Gasteiger partial charge in [-0.25, -0.2) is 0 Å². The lowest BCUT2D eigenvalue weighted by Crippen LogP contribution is -2.53. The molecule has 0 aliphatic carbocycles. The van der Waals surface area contributed by atoms with Gasteiger partial charge in [0, 0.05) is 50.4 Å². The van der Waals surface area contributed by atoms with Gasteiger partial charge in [0.1, 0.15) is 0 Å². The van der Waals surface area contributed by atoms with Crippen LogP contribution in [0.25, 0.3) is 0 Å². The summed E-state index contributed by atoms with van der Waals surface area (Å²) in [6.45, 7) is 9.61. The van der Waals surface area contributed by atoms with E-state index in [9.17, 15) is 5.11 Å². The number of aliphatic hydroxyl groups excluding tert-OH is 1. The Labute approximate surface area is 139 Å². The Kier molecular flexibility index (Phi) is 6.90. The van der Waals surface area contributed by atoms with Gasteiger partial charge in [-0.1, -0.05) is 35.4 Å². The second-order valence-electron chi connectivity index (χ2n) is 6.30. The first kappa shape index (κ1) is 17.5. The fourth-order valence-electron chi connectivity index (χ4n) is 2.91. The van der Waals surface area contributed by atoms with Crippen molar-refractivity contribution in [2.45, 2.75) is 32.9 Å². The van der Waals surface area contributed by atoms with Crippen LogP contribution in [0.15, 0.2) is 35.9 Å². The van der Waals surface area contributed by atoms with Crippen LogP contribution in [0.2, 0.25) is 5.02 Å². The van der Waals surface area contributed by atoms with Crippen molar-refractivity contribution in [3.63, 3.8) is 0 Å². The molecule has 1 aliphatic rings. The fraction of sp³-hybridized carbons (Fsp3) is 0.556. The normalized spacial score (nSPS) is 20.1. The number of piperazine rings is 1. The van der Waals surface area contributed by atoms with E-state index in [-0.39, 0.29) is 6.61 Å². The van der Waals surface area contributed by atoms with E-state index in [4.69, 9.17) is 11.6 Å². The van der Waals surface area contributed by atoms with Crippen LogP contribution in [0.5, 0.6) is 0 Å². The van der Waals surface area contributed by atoms with Crippen LogP contribution in [0.3, 0.4) is 0 Å². The second-order valence-corrected chi connectivity index (χ2v) is 6.74. The van der Waals surface area contributed by atoms with Gasteiger partial charge in [0.25, 0.3) is 0 Å². The largest absolute Gasteiger partial charge is 0.396 e. The Morgan fingerprint density at radius 1 is 1.27 bits per heavy atom. The molecule has 1 heterocycles. The highest BCUT2D eigenvalue weighted by molar-refractivity contribution is 6.30. The van der Waals surface area contributed by atoms with Crippen LogP contribution >= 0.6 is 11.6 Å². The molecule has 0 spiro atoms. The molecule has 122 valence electrons. The lowest BCUT2D eigenvalue weighted by atomic mass is 10.1. The van der Waals surface area contributed by atoms with E-state index < -0.39 is 0 Å². The van der Waals surface area contributed by atoms with Crippen LogP contribution in [-0.2, 0) is 6.54 Å². The van der Waals surface area contributed by atoms with Gasteiger partial charge in [-0.15, -0.1) is 0 Å². The van der Waals surface area contributed by atoms with Crippen LogP contribution in [-0.4, -0.2) is 53.7 Å². The number of hydrogen-bond acceptors (Lipinski definition) is 3. The Balaban J connectivity index is 1.93. The topological polar surface area (TPSA) is 26.7 Å². The van der Waals surface area contributed by atoms with Crippen LogP contribution in [0.1, 0.15) is 25.8 Å². The Bertz CT molecular complexity index is 482. The summed E-state index contributed by atoms with van der Waals surface area (Å²) in [6, 6.07) is 8.53. The molecule has 0 saturated carbocycles. The minimum atomic E-state index is 0.255. The third-order valence-corrected chi connectivity index (χ3v) is 4.46. The highest BCUT2D eigenvalue weighted by Gasteiger charge is 2.25. The molecule has 1 N–H and O–H groups in total. The molecule has 1 saturated heterocycles. The molecule has 3 nitrogen and oxygen atoms in total. The zero-order chi connectivity index (χ0) is 15.9. The predicted octanol–water partition coefficient (Wildman–Crippen LogP) is 3.17. The smallest absolute Gasteiger partial charge is 0.0446 e. The van der Waals surface area contributed by atoms with Gasteiger partial charge in [-0.2, -0.15) is 0 Å². The van der Waals surface area contributed by atoms with E-state index in [2.05, 4.69) is 41.9 Å². The highest BCUT2D eigenvalue weighted by atomic mass is 35.5. The average molecular weight is 323 g/mol. The molecule has 1 aromatic rings. The van der Waals surface area contributed by atoms with Crippen molar-refractivity contribution < 1.29 is 5.11 Å². The van der Waals surface area contributed by atoms with Crippen LogP contribution < -0.4 is 0 Å². The molecule has 0 bridgehead atoms. The fourth-order valence-corrected chi connectivity index (χ4v) is 3.04. The van der Waals surface area contributed by atoms with Gasteiger partial charge in [0.05, 0.1) is 0 Å². The zero-order valence-electron chi connectivity index (χ0n) is 13.6. The zero-order valence-corrected chi connectivity index (χ0v) is 14.4. The van der Waals surface area contributed by atoms with Crippen LogP contribution in [0, 0.1) is 0 Å². The molecule has 22 heavy (non-hydrogen) atoms. The summed E-state index contributed by atoms with van der Waals surface area (Å²) in [5.74, 6) is 0. The summed E-state index contributed by atoms with van der Waals surface area (Å²) >= 11 is 5.94. The standard InChI is InChI=1S/C18H27ClN2O/c1-15(2)7-9-21-11-10-20(14-18(21)8-12-22)13-16-3-5-17(19)6-4-16/h3-7,18,22H,8-14H2,1-2H3/t18-/m1/s1.